The Balaban J connectivity index is 2.44. The average Bonchev–Trinajstić information content (AvgIpc) is 2.45. The molecule has 0 amide bonds. The molecule has 0 aliphatic carbocycles. The number of H-pyrrole nitrogens is 1. The maximum Gasteiger partial charge on any atom is 0.269 e. The molecule has 0 atom stereocenters. The molecule has 0 saturated heterocycles. The van der Waals surface area contributed by atoms with Crippen LogP contribution in [0.25, 0.3) is 11.4 Å². The lowest BCUT2D eigenvalue weighted by Crippen LogP contribution is -2.12. The van der Waals surface area contributed by atoms with Gasteiger partial charge in [0.1, 0.15) is 23.2 Å². The van der Waals surface area contributed by atoms with Gasteiger partial charge in [-0.05, 0) is 18.6 Å². The van der Waals surface area contributed by atoms with Gasteiger partial charge in [0.15, 0.2) is 0 Å². The molecule has 0 bridgehead atoms. The van der Waals surface area contributed by atoms with E-state index < -0.39 is 5.56 Å². The van der Waals surface area contributed by atoms with Crippen molar-refractivity contribution < 1.29 is 4.74 Å². The summed E-state index contributed by atoms with van der Waals surface area (Å²) in [6, 6.07) is 9.12. The number of aromatic nitrogens is 2. The first-order chi connectivity index (χ1) is 9.26. The molecular weight excluding hydrogens is 242 g/mol. The number of para-hydroxylation sites is 1. The van der Waals surface area contributed by atoms with Gasteiger partial charge in [0.2, 0.25) is 0 Å². The number of ether oxygens (including phenoxy) is 1. The summed E-state index contributed by atoms with van der Waals surface area (Å²) in [5.41, 5.74) is 0.256. The number of nitrogens with one attached hydrogen (secondary N) is 1. The number of nitrogens with zero attached hydrogens (tertiary/aromatic N) is 2. The topological polar surface area (TPSA) is 78.8 Å². The van der Waals surface area contributed by atoms with E-state index >= 15 is 0 Å². The zero-order valence-electron chi connectivity index (χ0n) is 10.5. The van der Waals surface area contributed by atoms with Crippen LogP contribution >= 0.6 is 0 Å². The Labute approximate surface area is 110 Å². The number of nitriles is 1. The molecular formula is C14H13N3O2. The van der Waals surface area contributed by atoms with Gasteiger partial charge in [0.05, 0.1) is 18.4 Å². The highest BCUT2D eigenvalue weighted by Crippen LogP contribution is 2.26. The monoisotopic (exact) mass is 255 g/mol. The minimum absolute atomic E-state index is 0.00397. The second-order valence-electron chi connectivity index (χ2n) is 3.93. The van der Waals surface area contributed by atoms with Crippen LogP contribution in [0.5, 0.6) is 5.75 Å². The Kier molecular flexibility index (Phi) is 3.94. The quantitative estimate of drug-likeness (QED) is 0.907. The summed E-state index contributed by atoms with van der Waals surface area (Å²) in [6.07, 6.45) is 2.16. The third-order valence-corrected chi connectivity index (χ3v) is 2.52. The molecule has 1 N–H and O–H groups in total. The van der Waals surface area contributed by atoms with E-state index in [-0.39, 0.29) is 5.56 Å². The minimum Gasteiger partial charge on any atom is -0.493 e. The Bertz CT molecular complexity index is 671. The molecule has 0 spiro atoms. The SMILES string of the molecule is CCCOc1ccccc1-c1ncc(C#N)c(=O)[nH]1. The third kappa shape index (κ3) is 2.80. The van der Waals surface area contributed by atoms with Crippen molar-refractivity contribution >= 4 is 0 Å². The Morgan fingerprint density at radius 2 is 2.21 bits per heavy atom. The molecule has 5 heteroatoms. The van der Waals surface area contributed by atoms with Crippen LogP contribution in [0, 0.1) is 11.3 Å². The van der Waals surface area contributed by atoms with E-state index in [1.807, 2.05) is 31.2 Å². The van der Waals surface area contributed by atoms with Gasteiger partial charge in [-0.2, -0.15) is 5.26 Å². The van der Waals surface area contributed by atoms with E-state index in [0.717, 1.165) is 6.42 Å². The van der Waals surface area contributed by atoms with Crippen molar-refractivity contribution in [1.29, 1.82) is 5.26 Å². The van der Waals surface area contributed by atoms with Crippen LogP contribution in [0.1, 0.15) is 18.9 Å². The fraction of sp³-hybridized carbons (Fsp3) is 0.214. The lowest BCUT2D eigenvalue weighted by Gasteiger charge is -2.09. The first kappa shape index (κ1) is 12.8. The number of benzene rings is 1. The molecule has 5 nitrogen and oxygen atoms in total. The summed E-state index contributed by atoms with van der Waals surface area (Å²) >= 11 is 0. The molecule has 1 aromatic heterocycles. The van der Waals surface area contributed by atoms with Crippen molar-refractivity contribution in [2.75, 3.05) is 6.61 Å². The van der Waals surface area contributed by atoms with E-state index in [1.54, 1.807) is 6.07 Å². The van der Waals surface area contributed by atoms with Crippen molar-refractivity contribution in [2.45, 2.75) is 13.3 Å². The molecule has 0 unspecified atom stereocenters. The van der Waals surface area contributed by atoms with E-state index in [9.17, 15) is 4.79 Å². The molecule has 1 heterocycles. The number of rotatable bonds is 4. The molecule has 2 rings (SSSR count). The lowest BCUT2D eigenvalue weighted by molar-refractivity contribution is 0.318. The van der Waals surface area contributed by atoms with E-state index in [4.69, 9.17) is 10.00 Å². The standard InChI is InChI=1S/C14H13N3O2/c1-2-7-19-12-6-4-3-5-11(12)13-16-9-10(8-15)14(18)17-13/h3-6,9H,2,7H2,1H3,(H,16,17,18). The maximum atomic E-state index is 11.6. The normalized spacial score (nSPS) is 9.89. The summed E-state index contributed by atoms with van der Waals surface area (Å²) < 4.78 is 5.61. The van der Waals surface area contributed by atoms with Crippen molar-refractivity contribution in [3.05, 3.63) is 46.4 Å². The van der Waals surface area contributed by atoms with Crippen LogP contribution in [-0.4, -0.2) is 16.6 Å². The number of hydrogen-bond donors (Lipinski definition) is 1. The zero-order chi connectivity index (χ0) is 13.7. The number of hydrogen-bond acceptors (Lipinski definition) is 4. The highest BCUT2D eigenvalue weighted by molar-refractivity contribution is 5.63. The largest absolute Gasteiger partial charge is 0.493 e. The Morgan fingerprint density at radius 1 is 1.42 bits per heavy atom. The van der Waals surface area contributed by atoms with Crippen LogP contribution in [-0.2, 0) is 0 Å². The molecule has 0 radical (unpaired) electrons. The molecule has 0 saturated carbocycles. The van der Waals surface area contributed by atoms with Gasteiger partial charge < -0.3 is 9.72 Å². The fourth-order valence-corrected chi connectivity index (χ4v) is 1.61. The maximum absolute atomic E-state index is 11.6. The van der Waals surface area contributed by atoms with E-state index in [0.29, 0.717) is 23.7 Å². The molecule has 2 aromatic rings. The number of aromatic amines is 1. The second-order valence-corrected chi connectivity index (χ2v) is 3.93. The van der Waals surface area contributed by atoms with E-state index in [2.05, 4.69) is 9.97 Å². The molecule has 1 aromatic carbocycles. The first-order valence-electron chi connectivity index (χ1n) is 5.98. The van der Waals surface area contributed by atoms with Gasteiger partial charge in [-0.25, -0.2) is 4.98 Å². The van der Waals surface area contributed by atoms with Crippen molar-refractivity contribution in [3.63, 3.8) is 0 Å². The molecule has 0 fully saturated rings. The lowest BCUT2D eigenvalue weighted by atomic mass is 10.2. The third-order valence-electron chi connectivity index (χ3n) is 2.52. The van der Waals surface area contributed by atoms with E-state index in [1.165, 1.54) is 6.20 Å². The van der Waals surface area contributed by atoms with Gasteiger partial charge >= 0.3 is 0 Å². The molecule has 96 valence electrons. The van der Waals surface area contributed by atoms with Gasteiger partial charge in [0, 0.05) is 0 Å². The van der Waals surface area contributed by atoms with Gasteiger partial charge in [-0.3, -0.25) is 4.79 Å². The average molecular weight is 255 g/mol. The van der Waals surface area contributed by atoms with Crippen LogP contribution in [0.3, 0.4) is 0 Å². The molecule has 0 aliphatic rings. The van der Waals surface area contributed by atoms with Crippen molar-refractivity contribution in [1.82, 2.24) is 9.97 Å². The minimum atomic E-state index is -0.446. The summed E-state index contributed by atoms with van der Waals surface area (Å²) in [4.78, 5) is 18.3. The van der Waals surface area contributed by atoms with Gasteiger partial charge in [-0.15, -0.1) is 0 Å². The molecule has 0 aliphatic heterocycles. The van der Waals surface area contributed by atoms with Crippen molar-refractivity contribution in [2.24, 2.45) is 0 Å². The van der Waals surface area contributed by atoms with Crippen LogP contribution in [0.4, 0.5) is 0 Å². The summed E-state index contributed by atoms with van der Waals surface area (Å²) in [5.74, 6) is 1.06. The van der Waals surface area contributed by atoms with Crippen molar-refractivity contribution in [3.8, 4) is 23.2 Å². The Hall–Kier alpha value is -2.61. The first-order valence-corrected chi connectivity index (χ1v) is 5.98. The van der Waals surface area contributed by atoms with Crippen LogP contribution in [0.15, 0.2) is 35.3 Å². The smallest absolute Gasteiger partial charge is 0.269 e. The molecule has 19 heavy (non-hydrogen) atoms. The van der Waals surface area contributed by atoms with Gasteiger partial charge in [-0.1, -0.05) is 19.1 Å². The van der Waals surface area contributed by atoms with Gasteiger partial charge in [0.25, 0.3) is 5.56 Å². The summed E-state index contributed by atoms with van der Waals surface area (Å²) in [6.45, 7) is 2.61. The second kappa shape index (κ2) is 5.83. The van der Waals surface area contributed by atoms with Crippen LogP contribution in [0.2, 0.25) is 0 Å². The highest BCUT2D eigenvalue weighted by atomic mass is 16.5. The highest BCUT2D eigenvalue weighted by Gasteiger charge is 2.09. The zero-order valence-corrected chi connectivity index (χ0v) is 10.5. The predicted octanol–water partition coefficient (Wildman–Crippen LogP) is 2.10. The summed E-state index contributed by atoms with van der Waals surface area (Å²) in [5, 5.41) is 8.72. The summed E-state index contributed by atoms with van der Waals surface area (Å²) in [7, 11) is 0. The predicted molar refractivity (Wildman–Crippen MR) is 70.8 cm³/mol. The van der Waals surface area contributed by atoms with Crippen LogP contribution < -0.4 is 10.3 Å². The fourth-order valence-electron chi connectivity index (χ4n) is 1.61. The Morgan fingerprint density at radius 3 is 2.89 bits per heavy atom.